The Morgan fingerprint density at radius 1 is 1.24 bits per heavy atom. The van der Waals surface area contributed by atoms with Crippen LogP contribution in [-0.4, -0.2) is 17.1 Å². The number of aryl methyl sites for hydroxylation is 1. The number of halogens is 2. The molecule has 1 aromatic carbocycles. The summed E-state index contributed by atoms with van der Waals surface area (Å²) in [4.78, 5) is 23.0. The van der Waals surface area contributed by atoms with E-state index in [4.69, 9.17) is 27.9 Å². The number of benzene rings is 1. The number of anilines is 1. The molecule has 0 aliphatic carbocycles. The van der Waals surface area contributed by atoms with Crippen LogP contribution < -0.4 is 15.6 Å². The van der Waals surface area contributed by atoms with E-state index in [1.54, 1.807) is 19.2 Å². The standard InChI is InChI=1S/C14H12Cl2N2O3/c1-18-7-9(2-5-14(18)20)17-13(19)8-21-10-3-4-11(15)12(16)6-10/h2-7H,8H2,1H3,(H,17,19). The summed E-state index contributed by atoms with van der Waals surface area (Å²) in [5, 5.41) is 3.39. The molecule has 2 rings (SSSR count). The Morgan fingerprint density at radius 2 is 2.00 bits per heavy atom. The van der Waals surface area contributed by atoms with Crippen molar-refractivity contribution in [1.82, 2.24) is 4.57 Å². The first kappa shape index (κ1) is 15.4. The zero-order valence-electron chi connectivity index (χ0n) is 11.1. The molecule has 1 aromatic heterocycles. The van der Waals surface area contributed by atoms with Crippen LogP contribution in [0.15, 0.2) is 41.3 Å². The molecule has 0 saturated heterocycles. The number of carbonyl (C=O) groups excluding carboxylic acids is 1. The molecule has 110 valence electrons. The topological polar surface area (TPSA) is 60.3 Å². The Hall–Kier alpha value is -1.98. The number of nitrogens with one attached hydrogen (secondary N) is 1. The van der Waals surface area contributed by atoms with Crippen LogP contribution >= 0.6 is 23.2 Å². The Kier molecular flexibility index (Phi) is 4.88. The van der Waals surface area contributed by atoms with Gasteiger partial charge in [-0.05, 0) is 18.2 Å². The van der Waals surface area contributed by atoms with Crippen LogP contribution in [0.2, 0.25) is 10.0 Å². The zero-order valence-corrected chi connectivity index (χ0v) is 12.6. The second-order valence-electron chi connectivity index (χ2n) is 4.28. The van der Waals surface area contributed by atoms with Gasteiger partial charge in [-0.2, -0.15) is 0 Å². The van der Waals surface area contributed by atoms with Gasteiger partial charge in [0.25, 0.3) is 5.91 Å². The second-order valence-corrected chi connectivity index (χ2v) is 5.09. The fourth-order valence-electron chi connectivity index (χ4n) is 1.58. The van der Waals surface area contributed by atoms with Gasteiger partial charge in [0.05, 0.1) is 15.7 Å². The molecule has 0 atom stereocenters. The van der Waals surface area contributed by atoms with Crippen molar-refractivity contribution < 1.29 is 9.53 Å². The molecule has 1 amide bonds. The molecule has 0 bridgehead atoms. The molecule has 0 saturated carbocycles. The predicted octanol–water partition coefficient (Wildman–Crippen LogP) is 2.71. The number of nitrogens with zero attached hydrogens (tertiary/aromatic N) is 1. The molecule has 0 aliphatic heterocycles. The Balaban J connectivity index is 1.94. The Morgan fingerprint density at radius 3 is 2.67 bits per heavy atom. The predicted molar refractivity (Wildman–Crippen MR) is 82.3 cm³/mol. The van der Waals surface area contributed by atoms with Gasteiger partial charge in [-0.3, -0.25) is 9.59 Å². The van der Waals surface area contributed by atoms with Gasteiger partial charge in [-0.1, -0.05) is 23.2 Å². The summed E-state index contributed by atoms with van der Waals surface area (Å²) < 4.78 is 6.68. The van der Waals surface area contributed by atoms with Crippen molar-refractivity contribution in [3.05, 3.63) is 56.9 Å². The maximum absolute atomic E-state index is 11.8. The van der Waals surface area contributed by atoms with E-state index in [1.807, 2.05) is 0 Å². The fourth-order valence-corrected chi connectivity index (χ4v) is 1.87. The minimum Gasteiger partial charge on any atom is -0.484 e. The van der Waals surface area contributed by atoms with E-state index in [1.165, 1.54) is 29.0 Å². The number of ether oxygens (including phenoxy) is 1. The van der Waals surface area contributed by atoms with Gasteiger partial charge in [0.15, 0.2) is 6.61 Å². The third-order valence-corrected chi connectivity index (χ3v) is 3.37. The van der Waals surface area contributed by atoms with Crippen LogP contribution in [-0.2, 0) is 11.8 Å². The molecule has 1 heterocycles. The lowest BCUT2D eigenvalue weighted by molar-refractivity contribution is -0.118. The highest BCUT2D eigenvalue weighted by atomic mass is 35.5. The molecule has 2 aromatic rings. The van der Waals surface area contributed by atoms with Gasteiger partial charge in [0, 0.05) is 25.4 Å². The molecule has 0 spiro atoms. The number of amides is 1. The number of rotatable bonds is 4. The summed E-state index contributed by atoms with van der Waals surface area (Å²) in [6.07, 6.45) is 1.53. The fraction of sp³-hybridized carbons (Fsp3) is 0.143. The van der Waals surface area contributed by atoms with Gasteiger partial charge in [0.2, 0.25) is 5.56 Å². The molecular weight excluding hydrogens is 315 g/mol. The highest BCUT2D eigenvalue weighted by Crippen LogP contribution is 2.26. The smallest absolute Gasteiger partial charge is 0.262 e. The molecule has 1 N–H and O–H groups in total. The van der Waals surface area contributed by atoms with E-state index in [0.29, 0.717) is 21.5 Å². The van der Waals surface area contributed by atoms with Crippen molar-refractivity contribution in [3.63, 3.8) is 0 Å². The summed E-state index contributed by atoms with van der Waals surface area (Å²) in [5.41, 5.74) is 0.361. The van der Waals surface area contributed by atoms with Crippen molar-refractivity contribution >= 4 is 34.8 Å². The number of hydrogen-bond acceptors (Lipinski definition) is 3. The van der Waals surface area contributed by atoms with Crippen molar-refractivity contribution in [1.29, 1.82) is 0 Å². The normalized spacial score (nSPS) is 10.2. The van der Waals surface area contributed by atoms with Gasteiger partial charge in [-0.25, -0.2) is 0 Å². The molecule has 0 aliphatic rings. The average Bonchev–Trinajstić information content (AvgIpc) is 2.44. The maximum Gasteiger partial charge on any atom is 0.262 e. The van der Waals surface area contributed by atoms with Crippen LogP contribution in [0, 0.1) is 0 Å². The van der Waals surface area contributed by atoms with Crippen LogP contribution in [0.25, 0.3) is 0 Å². The lowest BCUT2D eigenvalue weighted by Crippen LogP contribution is -2.22. The minimum absolute atomic E-state index is 0.153. The second kappa shape index (κ2) is 6.65. The third kappa shape index (κ3) is 4.24. The van der Waals surface area contributed by atoms with Crippen LogP contribution in [0.3, 0.4) is 0 Å². The number of aromatic nitrogens is 1. The Labute approximate surface area is 131 Å². The summed E-state index contributed by atoms with van der Waals surface area (Å²) in [5.74, 6) is 0.0970. The molecule has 0 radical (unpaired) electrons. The van der Waals surface area contributed by atoms with E-state index in [0.717, 1.165) is 0 Å². The van der Waals surface area contributed by atoms with Crippen LogP contribution in [0.1, 0.15) is 0 Å². The summed E-state index contributed by atoms with van der Waals surface area (Å²) >= 11 is 11.6. The minimum atomic E-state index is -0.347. The SMILES string of the molecule is Cn1cc(NC(=O)COc2ccc(Cl)c(Cl)c2)ccc1=O. The van der Waals surface area contributed by atoms with Crippen LogP contribution in [0.4, 0.5) is 5.69 Å². The zero-order chi connectivity index (χ0) is 15.4. The first-order valence-corrected chi connectivity index (χ1v) is 6.75. The first-order chi connectivity index (χ1) is 9.95. The van der Waals surface area contributed by atoms with Gasteiger partial charge in [-0.15, -0.1) is 0 Å². The lowest BCUT2D eigenvalue weighted by Gasteiger charge is -2.08. The average molecular weight is 327 g/mol. The van der Waals surface area contributed by atoms with Crippen molar-refractivity contribution in [3.8, 4) is 5.75 Å². The van der Waals surface area contributed by atoms with Crippen molar-refractivity contribution in [2.24, 2.45) is 7.05 Å². The number of carbonyl (C=O) groups is 1. The van der Waals surface area contributed by atoms with E-state index in [-0.39, 0.29) is 18.1 Å². The summed E-state index contributed by atoms with van der Waals surface area (Å²) in [6, 6.07) is 7.63. The molecule has 0 fully saturated rings. The van der Waals surface area contributed by atoms with Crippen molar-refractivity contribution in [2.75, 3.05) is 11.9 Å². The van der Waals surface area contributed by atoms with Gasteiger partial charge >= 0.3 is 0 Å². The monoisotopic (exact) mass is 326 g/mol. The first-order valence-electron chi connectivity index (χ1n) is 6.00. The molecule has 5 nitrogen and oxygen atoms in total. The largest absolute Gasteiger partial charge is 0.484 e. The molecular formula is C14H12Cl2N2O3. The van der Waals surface area contributed by atoms with E-state index >= 15 is 0 Å². The van der Waals surface area contributed by atoms with E-state index in [9.17, 15) is 9.59 Å². The lowest BCUT2D eigenvalue weighted by atomic mass is 10.3. The van der Waals surface area contributed by atoms with Gasteiger partial charge < -0.3 is 14.6 Å². The van der Waals surface area contributed by atoms with E-state index in [2.05, 4.69) is 5.32 Å². The Bertz CT molecular complexity index is 728. The maximum atomic E-state index is 11.8. The molecule has 0 unspecified atom stereocenters. The quantitative estimate of drug-likeness (QED) is 0.939. The third-order valence-electron chi connectivity index (χ3n) is 2.63. The number of pyridine rings is 1. The van der Waals surface area contributed by atoms with Gasteiger partial charge in [0.1, 0.15) is 5.75 Å². The number of hydrogen-bond donors (Lipinski definition) is 1. The van der Waals surface area contributed by atoms with Crippen molar-refractivity contribution in [2.45, 2.75) is 0 Å². The van der Waals surface area contributed by atoms with E-state index < -0.39 is 0 Å². The summed E-state index contributed by atoms with van der Waals surface area (Å²) in [6.45, 7) is -0.180. The molecule has 7 heteroatoms. The summed E-state index contributed by atoms with van der Waals surface area (Å²) in [7, 11) is 1.60. The highest BCUT2D eigenvalue weighted by molar-refractivity contribution is 6.42. The molecule has 21 heavy (non-hydrogen) atoms. The van der Waals surface area contributed by atoms with Crippen LogP contribution in [0.5, 0.6) is 5.75 Å². The highest BCUT2D eigenvalue weighted by Gasteiger charge is 2.06.